The molecular weight excluding hydrogens is 242 g/mol. The molecule has 0 radical (unpaired) electrons. The van der Waals surface area contributed by atoms with Gasteiger partial charge >= 0.3 is 0 Å². The summed E-state index contributed by atoms with van der Waals surface area (Å²) in [5.74, 6) is 0.603. The number of aromatic amines is 1. The molecule has 5 nitrogen and oxygen atoms in total. The van der Waals surface area contributed by atoms with E-state index in [1.54, 1.807) is 18.2 Å². The van der Waals surface area contributed by atoms with Crippen LogP contribution in [-0.4, -0.2) is 27.7 Å². The summed E-state index contributed by atoms with van der Waals surface area (Å²) in [7, 11) is 0. The second kappa shape index (κ2) is 5.84. The van der Waals surface area contributed by atoms with Crippen LogP contribution in [-0.2, 0) is 0 Å². The molecule has 0 aliphatic carbocycles. The summed E-state index contributed by atoms with van der Waals surface area (Å²) >= 11 is 0. The van der Waals surface area contributed by atoms with Gasteiger partial charge in [-0.2, -0.15) is 0 Å². The van der Waals surface area contributed by atoms with E-state index in [0.29, 0.717) is 23.4 Å². The van der Waals surface area contributed by atoms with Crippen LogP contribution in [0.15, 0.2) is 29.1 Å². The summed E-state index contributed by atoms with van der Waals surface area (Å²) in [6, 6.07) is 7.17. The third-order valence-electron chi connectivity index (χ3n) is 3.39. The fraction of sp³-hybridized carbons (Fsp3) is 0.429. The maximum atomic E-state index is 11.8. The summed E-state index contributed by atoms with van der Waals surface area (Å²) in [5, 5.41) is 13.4. The molecule has 0 fully saturated rings. The van der Waals surface area contributed by atoms with E-state index in [1.807, 2.05) is 19.9 Å². The fourth-order valence-corrected chi connectivity index (χ4v) is 1.84. The van der Waals surface area contributed by atoms with Gasteiger partial charge < -0.3 is 10.4 Å². The number of anilines is 1. The van der Waals surface area contributed by atoms with Crippen LogP contribution in [0.25, 0.3) is 10.9 Å². The Labute approximate surface area is 111 Å². The van der Waals surface area contributed by atoms with Gasteiger partial charge in [0, 0.05) is 6.54 Å². The average Bonchev–Trinajstić information content (AvgIpc) is 2.44. The normalized spacial score (nSPS) is 14.3. The standard InChI is InChI=1S/C14H19N3O2/c1-3-9(2)12(18)8-15-14-16-11-7-5-4-6-10(11)13(19)17-14/h4-7,9,12,18H,3,8H2,1-2H3,(H2,15,16,17,19)/t9-,12-/m0/s1. The number of aliphatic hydroxyl groups is 1. The highest BCUT2D eigenvalue weighted by atomic mass is 16.3. The molecule has 0 saturated carbocycles. The molecule has 1 aromatic carbocycles. The number of hydrogen-bond acceptors (Lipinski definition) is 4. The van der Waals surface area contributed by atoms with E-state index in [0.717, 1.165) is 6.42 Å². The van der Waals surface area contributed by atoms with Crippen LogP contribution in [0.5, 0.6) is 0 Å². The van der Waals surface area contributed by atoms with Crippen LogP contribution in [0.4, 0.5) is 5.95 Å². The number of fused-ring (bicyclic) bond motifs is 1. The van der Waals surface area contributed by atoms with Crippen LogP contribution in [0.1, 0.15) is 20.3 Å². The van der Waals surface area contributed by atoms with Gasteiger partial charge in [0.15, 0.2) is 0 Å². The van der Waals surface area contributed by atoms with Crippen LogP contribution in [0, 0.1) is 5.92 Å². The monoisotopic (exact) mass is 261 g/mol. The highest BCUT2D eigenvalue weighted by molar-refractivity contribution is 5.78. The highest BCUT2D eigenvalue weighted by Crippen LogP contribution is 2.10. The van der Waals surface area contributed by atoms with Crippen molar-refractivity contribution in [3.05, 3.63) is 34.6 Å². The van der Waals surface area contributed by atoms with E-state index in [9.17, 15) is 9.90 Å². The second-order valence-electron chi connectivity index (χ2n) is 4.77. The zero-order valence-corrected chi connectivity index (χ0v) is 11.2. The summed E-state index contributed by atoms with van der Waals surface area (Å²) in [4.78, 5) is 18.8. The van der Waals surface area contributed by atoms with E-state index >= 15 is 0 Å². The topological polar surface area (TPSA) is 78.0 Å². The van der Waals surface area contributed by atoms with Gasteiger partial charge in [0.05, 0.1) is 17.0 Å². The number of H-pyrrole nitrogens is 1. The van der Waals surface area contributed by atoms with Crippen molar-refractivity contribution in [1.82, 2.24) is 9.97 Å². The molecular formula is C14H19N3O2. The van der Waals surface area contributed by atoms with E-state index in [-0.39, 0.29) is 11.5 Å². The lowest BCUT2D eigenvalue weighted by Crippen LogP contribution is -2.27. The molecule has 0 bridgehead atoms. The number of para-hydroxylation sites is 1. The van der Waals surface area contributed by atoms with Crippen molar-refractivity contribution in [3.8, 4) is 0 Å². The van der Waals surface area contributed by atoms with Gasteiger partial charge in [-0.05, 0) is 18.1 Å². The van der Waals surface area contributed by atoms with Crippen molar-refractivity contribution in [3.63, 3.8) is 0 Å². The Hall–Kier alpha value is -1.88. The number of aromatic nitrogens is 2. The summed E-state index contributed by atoms with van der Waals surface area (Å²) in [6.07, 6.45) is 0.451. The molecule has 2 rings (SSSR count). The molecule has 102 valence electrons. The summed E-state index contributed by atoms with van der Waals surface area (Å²) in [6.45, 7) is 4.39. The van der Waals surface area contributed by atoms with Crippen LogP contribution >= 0.6 is 0 Å². The molecule has 0 spiro atoms. The lowest BCUT2D eigenvalue weighted by molar-refractivity contribution is 0.126. The number of rotatable bonds is 5. The molecule has 0 amide bonds. The van der Waals surface area contributed by atoms with Gasteiger partial charge in [0.25, 0.3) is 5.56 Å². The molecule has 1 heterocycles. The first kappa shape index (κ1) is 13.5. The number of nitrogens with one attached hydrogen (secondary N) is 2. The molecule has 5 heteroatoms. The Bertz CT molecular complexity index is 609. The predicted octanol–water partition coefficient (Wildman–Crippen LogP) is 1.74. The Morgan fingerprint density at radius 1 is 1.42 bits per heavy atom. The molecule has 3 N–H and O–H groups in total. The Balaban J connectivity index is 2.16. The summed E-state index contributed by atoms with van der Waals surface area (Å²) in [5.41, 5.74) is 0.470. The van der Waals surface area contributed by atoms with Gasteiger partial charge in [-0.15, -0.1) is 0 Å². The third-order valence-corrected chi connectivity index (χ3v) is 3.39. The number of aliphatic hydroxyl groups excluding tert-OH is 1. The largest absolute Gasteiger partial charge is 0.391 e. The molecule has 2 atom stereocenters. The van der Waals surface area contributed by atoms with E-state index < -0.39 is 6.10 Å². The zero-order valence-electron chi connectivity index (χ0n) is 11.2. The number of benzene rings is 1. The SMILES string of the molecule is CC[C@H](C)[C@@H](O)CNc1nc2ccccc2c(=O)[nH]1. The molecule has 0 aliphatic heterocycles. The Morgan fingerprint density at radius 2 is 2.16 bits per heavy atom. The summed E-state index contributed by atoms with van der Waals surface area (Å²) < 4.78 is 0. The molecule has 1 aromatic heterocycles. The van der Waals surface area contributed by atoms with Crippen molar-refractivity contribution in [1.29, 1.82) is 0 Å². The van der Waals surface area contributed by atoms with Crippen molar-refractivity contribution in [2.24, 2.45) is 5.92 Å². The van der Waals surface area contributed by atoms with E-state index in [4.69, 9.17) is 0 Å². The van der Waals surface area contributed by atoms with Crippen molar-refractivity contribution in [2.75, 3.05) is 11.9 Å². The minimum atomic E-state index is -0.457. The van der Waals surface area contributed by atoms with Crippen molar-refractivity contribution < 1.29 is 5.11 Å². The maximum Gasteiger partial charge on any atom is 0.260 e. The number of hydrogen-bond donors (Lipinski definition) is 3. The minimum Gasteiger partial charge on any atom is -0.391 e. The van der Waals surface area contributed by atoms with Gasteiger partial charge in [-0.3, -0.25) is 9.78 Å². The van der Waals surface area contributed by atoms with Crippen LogP contribution < -0.4 is 10.9 Å². The maximum absolute atomic E-state index is 11.8. The quantitative estimate of drug-likeness (QED) is 0.766. The number of nitrogens with zero attached hydrogens (tertiary/aromatic N) is 1. The van der Waals surface area contributed by atoms with E-state index in [2.05, 4.69) is 15.3 Å². The zero-order chi connectivity index (χ0) is 13.8. The van der Waals surface area contributed by atoms with Gasteiger partial charge in [0.2, 0.25) is 5.95 Å². The molecule has 0 saturated heterocycles. The van der Waals surface area contributed by atoms with E-state index in [1.165, 1.54) is 0 Å². The first-order valence-electron chi connectivity index (χ1n) is 6.52. The fourth-order valence-electron chi connectivity index (χ4n) is 1.84. The first-order chi connectivity index (χ1) is 9.11. The second-order valence-corrected chi connectivity index (χ2v) is 4.77. The van der Waals surface area contributed by atoms with Gasteiger partial charge in [-0.1, -0.05) is 32.4 Å². The third kappa shape index (κ3) is 3.12. The van der Waals surface area contributed by atoms with Crippen molar-refractivity contribution in [2.45, 2.75) is 26.4 Å². The van der Waals surface area contributed by atoms with Gasteiger partial charge in [0.1, 0.15) is 0 Å². The van der Waals surface area contributed by atoms with Crippen LogP contribution in [0.2, 0.25) is 0 Å². The lowest BCUT2D eigenvalue weighted by atomic mass is 10.0. The molecule has 19 heavy (non-hydrogen) atoms. The molecule has 2 aromatic rings. The van der Waals surface area contributed by atoms with Crippen molar-refractivity contribution >= 4 is 16.9 Å². The predicted molar refractivity (Wildman–Crippen MR) is 76.3 cm³/mol. The lowest BCUT2D eigenvalue weighted by Gasteiger charge is -2.17. The van der Waals surface area contributed by atoms with Crippen LogP contribution in [0.3, 0.4) is 0 Å². The highest BCUT2D eigenvalue weighted by Gasteiger charge is 2.12. The average molecular weight is 261 g/mol. The molecule has 0 aliphatic rings. The molecule has 0 unspecified atom stereocenters. The Kier molecular flexibility index (Phi) is 4.16. The smallest absolute Gasteiger partial charge is 0.260 e. The van der Waals surface area contributed by atoms with Gasteiger partial charge in [-0.25, -0.2) is 4.98 Å². The first-order valence-corrected chi connectivity index (χ1v) is 6.52. The minimum absolute atomic E-state index is 0.175. The Morgan fingerprint density at radius 3 is 2.89 bits per heavy atom.